The first-order valence-corrected chi connectivity index (χ1v) is 13.4. The Morgan fingerprint density at radius 3 is 2.58 bits per heavy atom. The van der Waals surface area contributed by atoms with E-state index in [0.717, 1.165) is 43.7 Å². The zero-order chi connectivity index (χ0) is 24.2. The molecule has 2 aromatic rings. The molecule has 3 rings (SSSR count). The number of carboxylic acid groups (broad SMARTS) is 1. The van der Waals surface area contributed by atoms with Gasteiger partial charge in [0.15, 0.2) is 0 Å². The van der Waals surface area contributed by atoms with Gasteiger partial charge in [-0.3, -0.25) is 9.11 Å². The van der Waals surface area contributed by atoms with E-state index in [1.165, 1.54) is 0 Å². The summed E-state index contributed by atoms with van der Waals surface area (Å²) in [5, 5.41) is 8.84. The maximum Gasteiger partial charge on any atom is 0.331 e. The maximum atomic E-state index is 11.4. The molecule has 9 heteroatoms. The molecule has 0 saturated heterocycles. The van der Waals surface area contributed by atoms with Crippen LogP contribution in [0.1, 0.15) is 39.5 Å². The van der Waals surface area contributed by atoms with Gasteiger partial charge in [0.05, 0.1) is 27.4 Å². The molecule has 5 N–H and O–H groups in total. The molecule has 0 aromatic heterocycles. The second kappa shape index (κ2) is 10.4. The number of ether oxygens (including phenoxy) is 1. The van der Waals surface area contributed by atoms with E-state index in [2.05, 4.69) is 34.7 Å². The highest BCUT2D eigenvalue weighted by atomic mass is 79.9. The van der Waals surface area contributed by atoms with Crippen molar-refractivity contribution < 1.29 is 23.7 Å². The molecule has 1 heterocycles. The number of halogens is 1. The van der Waals surface area contributed by atoms with Crippen molar-refractivity contribution in [2.45, 2.75) is 44.4 Å². The second-order valence-corrected chi connectivity index (χ2v) is 11.4. The third-order valence-electron chi connectivity index (χ3n) is 6.08. The molecule has 0 bridgehead atoms. The number of nitrogens with two attached hydrogens (primary N) is 1. The zero-order valence-electron chi connectivity index (χ0n) is 18.8. The van der Waals surface area contributed by atoms with E-state index in [0.29, 0.717) is 33.0 Å². The van der Waals surface area contributed by atoms with Gasteiger partial charge < -0.3 is 20.5 Å². The molecule has 7 nitrogen and oxygen atoms in total. The van der Waals surface area contributed by atoms with E-state index in [1.54, 1.807) is 12.1 Å². The van der Waals surface area contributed by atoms with Crippen LogP contribution in [0, 0.1) is 5.41 Å². The van der Waals surface area contributed by atoms with Crippen molar-refractivity contribution in [3.05, 3.63) is 53.2 Å². The number of anilines is 3. The topological polar surface area (TPSA) is 116 Å². The van der Waals surface area contributed by atoms with Crippen molar-refractivity contribution in [3.63, 3.8) is 0 Å². The highest BCUT2D eigenvalue weighted by Gasteiger charge is 2.42. The number of hydrogen-bond donors (Lipinski definition) is 4. The highest BCUT2D eigenvalue weighted by molar-refractivity contribution is 9.10. The van der Waals surface area contributed by atoms with Gasteiger partial charge in [0.2, 0.25) is 0 Å². The molecular weight excluding hydrogens is 508 g/mol. The molecule has 0 fully saturated rings. The molecular formula is C24H31BrN2O5S. The Bertz CT molecular complexity index is 1030. The van der Waals surface area contributed by atoms with E-state index < -0.39 is 16.6 Å². The minimum atomic E-state index is -3.17. The SMILES string of the molecule is CCCCC1(CC)CN(c2ccc(N)cc2)c2cc(Br)c(O/C=C/C(=O)O)cc2S(O)(O)C1. The first kappa shape index (κ1) is 25.4. The third kappa shape index (κ3) is 5.84. The predicted octanol–water partition coefficient (Wildman–Crippen LogP) is 6.86. The summed E-state index contributed by atoms with van der Waals surface area (Å²) in [6.07, 6.45) is 5.63. The van der Waals surface area contributed by atoms with E-state index >= 15 is 0 Å². The molecule has 1 unspecified atom stereocenters. The Hall–Kier alpha value is -2.20. The molecule has 33 heavy (non-hydrogen) atoms. The fourth-order valence-corrected chi connectivity index (χ4v) is 6.88. The van der Waals surface area contributed by atoms with Crippen LogP contribution in [0.4, 0.5) is 17.1 Å². The molecule has 180 valence electrons. The Balaban J connectivity index is 2.18. The lowest BCUT2D eigenvalue weighted by Crippen LogP contribution is -2.37. The van der Waals surface area contributed by atoms with Gasteiger partial charge in [-0.2, -0.15) is 10.6 Å². The molecule has 0 aliphatic carbocycles. The first-order valence-electron chi connectivity index (χ1n) is 10.9. The van der Waals surface area contributed by atoms with Crippen molar-refractivity contribution in [2.75, 3.05) is 22.9 Å². The smallest absolute Gasteiger partial charge is 0.331 e. The van der Waals surface area contributed by atoms with Crippen LogP contribution in [0.25, 0.3) is 0 Å². The van der Waals surface area contributed by atoms with Crippen molar-refractivity contribution in [1.82, 2.24) is 0 Å². The van der Waals surface area contributed by atoms with Gasteiger partial charge in [0, 0.05) is 35.2 Å². The molecule has 1 aliphatic rings. The number of hydrogen-bond acceptors (Lipinski definition) is 6. The summed E-state index contributed by atoms with van der Waals surface area (Å²) in [4.78, 5) is 13.3. The molecule has 0 spiro atoms. The Labute approximate surface area is 204 Å². The minimum Gasteiger partial charge on any atom is -0.478 e. The predicted molar refractivity (Wildman–Crippen MR) is 138 cm³/mol. The quantitative estimate of drug-likeness (QED) is 0.165. The average Bonchev–Trinajstić information content (AvgIpc) is 2.85. The molecule has 0 saturated carbocycles. The molecule has 2 aromatic carbocycles. The van der Waals surface area contributed by atoms with Crippen LogP contribution in [0.3, 0.4) is 0 Å². The van der Waals surface area contributed by atoms with Crippen molar-refractivity contribution in [3.8, 4) is 5.75 Å². The highest BCUT2D eigenvalue weighted by Crippen LogP contribution is 2.62. The lowest BCUT2D eigenvalue weighted by atomic mass is 9.81. The van der Waals surface area contributed by atoms with Crippen LogP contribution in [0.2, 0.25) is 0 Å². The van der Waals surface area contributed by atoms with E-state index in [1.807, 2.05) is 24.3 Å². The summed E-state index contributed by atoms with van der Waals surface area (Å²) in [6.45, 7) is 4.86. The largest absolute Gasteiger partial charge is 0.478 e. The Morgan fingerprint density at radius 2 is 1.97 bits per heavy atom. The van der Waals surface area contributed by atoms with Crippen LogP contribution in [0.5, 0.6) is 5.75 Å². The van der Waals surface area contributed by atoms with Gasteiger partial charge >= 0.3 is 5.97 Å². The first-order chi connectivity index (χ1) is 15.6. The fraction of sp³-hybridized carbons (Fsp3) is 0.375. The summed E-state index contributed by atoms with van der Waals surface area (Å²) in [5.41, 5.74) is 7.85. The lowest BCUT2D eigenvalue weighted by Gasteiger charge is -2.41. The number of benzene rings is 2. The Kier molecular flexibility index (Phi) is 8.00. The monoisotopic (exact) mass is 538 g/mol. The maximum absolute atomic E-state index is 11.4. The van der Waals surface area contributed by atoms with Crippen molar-refractivity contribution in [1.29, 1.82) is 0 Å². The number of nitrogen functional groups attached to an aromatic ring is 1. The summed E-state index contributed by atoms with van der Waals surface area (Å²) >= 11 is 3.50. The van der Waals surface area contributed by atoms with Crippen LogP contribution in [0.15, 0.2) is 58.1 Å². The molecule has 0 amide bonds. The normalized spacial score (nSPS) is 20.8. The summed E-state index contributed by atoms with van der Waals surface area (Å²) < 4.78 is 28.9. The van der Waals surface area contributed by atoms with Gasteiger partial charge in [0.25, 0.3) is 0 Å². The fourth-order valence-electron chi connectivity index (χ4n) is 4.20. The minimum absolute atomic E-state index is 0.251. The summed E-state index contributed by atoms with van der Waals surface area (Å²) in [6, 6.07) is 10.9. The van der Waals surface area contributed by atoms with E-state index in [4.69, 9.17) is 15.6 Å². The molecule has 1 aliphatic heterocycles. The second-order valence-electron chi connectivity index (χ2n) is 8.46. The summed E-state index contributed by atoms with van der Waals surface area (Å²) in [7, 11) is -3.17. The van der Waals surface area contributed by atoms with Gasteiger partial charge in [0.1, 0.15) is 5.75 Å². The van der Waals surface area contributed by atoms with Gasteiger partial charge in [-0.1, -0.05) is 26.7 Å². The number of aliphatic carboxylic acids is 1. The average molecular weight is 539 g/mol. The van der Waals surface area contributed by atoms with Crippen molar-refractivity contribution >= 4 is 49.6 Å². The van der Waals surface area contributed by atoms with Crippen molar-refractivity contribution in [2.24, 2.45) is 5.41 Å². The van der Waals surface area contributed by atoms with E-state index in [9.17, 15) is 13.9 Å². The van der Waals surface area contributed by atoms with Gasteiger partial charge in [-0.25, -0.2) is 4.79 Å². The number of rotatable bonds is 8. The molecule has 1 atom stereocenters. The third-order valence-corrected chi connectivity index (χ3v) is 8.74. The zero-order valence-corrected chi connectivity index (χ0v) is 21.2. The standard InChI is InChI=1S/C24H31BrN2O5S/c1-3-5-11-24(4-2)15-27(18-8-6-17(26)7-9-18)20-13-19(25)21(32-12-10-23(28)29)14-22(20)33(30,31)16-24/h6-10,12-14,30-31H,3-5,11,15-16,26H2,1-2H3,(H,28,29)/b12-10+. The Morgan fingerprint density at radius 1 is 1.27 bits per heavy atom. The van der Waals surface area contributed by atoms with Gasteiger partial charge in [-0.15, -0.1) is 0 Å². The molecule has 0 radical (unpaired) electrons. The number of carboxylic acids is 1. The van der Waals surface area contributed by atoms with Crippen LogP contribution in [-0.2, 0) is 4.79 Å². The van der Waals surface area contributed by atoms with E-state index in [-0.39, 0.29) is 11.2 Å². The van der Waals surface area contributed by atoms with Crippen LogP contribution < -0.4 is 15.4 Å². The number of unbranched alkanes of at least 4 members (excludes halogenated alkanes) is 1. The number of nitrogens with zero attached hydrogens (tertiary/aromatic N) is 1. The lowest BCUT2D eigenvalue weighted by molar-refractivity contribution is -0.131. The van der Waals surface area contributed by atoms with Gasteiger partial charge in [-0.05, 0) is 59.1 Å². The summed E-state index contributed by atoms with van der Waals surface area (Å²) in [5.74, 6) is -0.578. The number of fused-ring (bicyclic) bond motifs is 1. The van der Waals surface area contributed by atoms with Crippen LogP contribution >= 0.6 is 26.5 Å². The number of carbonyl (C=O) groups is 1. The van der Waals surface area contributed by atoms with Crippen LogP contribution in [-0.4, -0.2) is 32.5 Å².